The highest BCUT2D eigenvalue weighted by Gasteiger charge is 2.14. The zero-order valence-corrected chi connectivity index (χ0v) is 16.9. The lowest BCUT2D eigenvalue weighted by atomic mass is 10.0. The Bertz CT molecular complexity index is 993. The van der Waals surface area contributed by atoms with E-state index in [-0.39, 0.29) is 24.5 Å². The summed E-state index contributed by atoms with van der Waals surface area (Å²) in [5.74, 6) is 0.228. The number of rotatable bonds is 7. The average molecular weight is 394 g/mol. The summed E-state index contributed by atoms with van der Waals surface area (Å²) >= 11 is 1.60. The molecule has 0 atom stereocenters. The Morgan fingerprint density at radius 3 is 2.46 bits per heavy atom. The summed E-state index contributed by atoms with van der Waals surface area (Å²) < 4.78 is 5.25. The highest BCUT2D eigenvalue weighted by atomic mass is 32.1. The van der Waals surface area contributed by atoms with Gasteiger partial charge >= 0.3 is 0 Å². The minimum absolute atomic E-state index is 0.107. The summed E-state index contributed by atoms with van der Waals surface area (Å²) in [6.45, 7) is 3.88. The molecule has 2 aromatic carbocycles. The lowest BCUT2D eigenvalue weighted by molar-refractivity contribution is -0.116. The first-order valence-electron chi connectivity index (χ1n) is 8.96. The van der Waals surface area contributed by atoms with Crippen molar-refractivity contribution in [1.82, 2.24) is 4.98 Å². The third-order valence-electron chi connectivity index (χ3n) is 4.32. The molecule has 6 heteroatoms. The predicted octanol–water partition coefficient (Wildman–Crippen LogP) is 5.04. The molecule has 5 nitrogen and oxygen atoms in total. The molecule has 28 heavy (non-hydrogen) atoms. The number of aromatic nitrogens is 1. The van der Waals surface area contributed by atoms with Crippen molar-refractivity contribution in [1.29, 1.82) is 0 Å². The molecular formula is C22H22N2O3S. The van der Waals surface area contributed by atoms with Crippen molar-refractivity contribution in [3.05, 3.63) is 64.0 Å². The first-order valence-corrected chi connectivity index (χ1v) is 9.84. The highest BCUT2D eigenvalue weighted by molar-refractivity contribution is 7.09. The van der Waals surface area contributed by atoms with Gasteiger partial charge in [0.25, 0.3) is 0 Å². The van der Waals surface area contributed by atoms with Crippen LogP contribution in [-0.2, 0) is 4.79 Å². The lowest BCUT2D eigenvalue weighted by Gasteiger charge is -2.09. The molecule has 0 saturated heterocycles. The normalized spacial score (nSPS) is 10.5. The van der Waals surface area contributed by atoms with Gasteiger partial charge in [-0.2, -0.15) is 0 Å². The van der Waals surface area contributed by atoms with Crippen molar-refractivity contribution < 1.29 is 14.3 Å². The molecule has 0 radical (unpaired) electrons. The van der Waals surface area contributed by atoms with E-state index in [1.54, 1.807) is 23.5 Å². The van der Waals surface area contributed by atoms with Gasteiger partial charge in [-0.3, -0.25) is 9.59 Å². The quantitative estimate of drug-likeness (QED) is 0.570. The van der Waals surface area contributed by atoms with E-state index in [1.807, 2.05) is 49.6 Å². The van der Waals surface area contributed by atoms with Crippen LogP contribution in [0.25, 0.3) is 11.3 Å². The molecule has 3 aromatic rings. The Hall–Kier alpha value is -2.99. The Balaban J connectivity index is 1.57. The number of nitrogens with one attached hydrogen (secondary N) is 1. The molecule has 0 fully saturated rings. The van der Waals surface area contributed by atoms with Crippen LogP contribution in [0.3, 0.4) is 0 Å². The average Bonchev–Trinajstić information content (AvgIpc) is 3.13. The fourth-order valence-corrected chi connectivity index (χ4v) is 3.47. The third kappa shape index (κ3) is 4.84. The van der Waals surface area contributed by atoms with E-state index in [4.69, 9.17) is 4.74 Å². The van der Waals surface area contributed by atoms with Crippen molar-refractivity contribution in [2.45, 2.75) is 26.7 Å². The van der Waals surface area contributed by atoms with Crippen molar-refractivity contribution in [3.8, 4) is 17.0 Å². The Labute approximate surface area is 168 Å². The number of thiazole rings is 1. The molecule has 1 N–H and O–H groups in total. The van der Waals surface area contributed by atoms with Crippen molar-refractivity contribution in [3.63, 3.8) is 0 Å². The van der Waals surface area contributed by atoms with Crippen molar-refractivity contribution in [2.24, 2.45) is 0 Å². The van der Waals surface area contributed by atoms with E-state index in [2.05, 4.69) is 10.3 Å². The zero-order valence-electron chi connectivity index (χ0n) is 16.1. The molecular weight excluding hydrogens is 372 g/mol. The monoisotopic (exact) mass is 394 g/mol. The van der Waals surface area contributed by atoms with Gasteiger partial charge in [0.2, 0.25) is 5.91 Å². The van der Waals surface area contributed by atoms with E-state index in [1.165, 1.54) is 7.11 Å². The van der Waals surface area contributed by atoms with E-state index in [0.717, 1.165) is 21.8 Å². The SMILES string of the molecule is COc1ccc(C)cc1C(=O)CCC(=O)Nc1ccc(-c2csc(C)n2)cc1. The number of ketones is 1. The molecule has 1 amide bonds. The smallest absolute Gasteiger partial charge is 0.224 e. The first kappa shape index (κ1) is 19.8. The molecule has 0 aliphatic heterocycles. The van der Waals surface area contributed by atoms with Crippen LogP contribution in [-0.4, -0.2) is 23.8 Å². The van der Waals surface area contributed by atoms with E-state index >= 15 is 0 Å². The fraction of sp³-hybridized carbons (Fsp3) is 0.227. The molecule has 1 aromatic heterocycles. The van der Waals surface area contributed by atoms with Gasteiger partial charge in [-0.05, 0) is 38.1 Å². The summed E-state index contributed by atoms with van der Waals surface area (Å²) in [5.41, 5.74) is 4.12. The van der Waals surface area contributed by atoms with E-state index in [9.17, 15) is 9.59 Å². The number of hydrogen-bond acceptors (Lipinski definition) is 5. The van der Waals surface area contributed by atoms with Gasteiger partial charge < -0.3 is 10.1 Å². The Kier molecular flexibility index (Phi) is 6.21. The topological polar surface area (TPSA) is 68.3 Å². The van der Waals surface area contributed by atoms with Crippen LogP contribution < -0.4 is 10.1 Å². The minimum atomic E-state index is -0.197. The maximum Gasteiger partial charge on any atom is 0.224 e. The number of carbonyl (C=O) groups excluding carboxylic acids is 2. The Morgan fingerprint density at radius 2 is 1.82 bits per heavy atom. The number of benzene rings is 2. The van der Waals surface area contributed by atoms with Crippen molar-refractivity contribution >= 4 is 28.7 Å². The molecule has 1 heterocycles. The number of ether oxygens (including phenoxy) is 1. The summed E-state index contributed by atoms with van der Waals surface area (Å²) in [5, 5.41) is 5.86. The molecule has 0 aliphatic rings. The summed E-state index contributed by atoms with van der Waals surface area (Å²) in [4.78, 5) is 29.1. The van der Waals surface area contributed by atoms with Crippen LogP contribution in [0.5, 0.6) is 5.75 Å². The molecule has 0 spiro atoms. The maximum absolute atomic E-state index is 12.5. The summed E-state index contributed by atoms with van der Waals surface area (Å²) in [7, 11) is 1.53. The molecule has 0 bridgehead atoms. The van der Waals surface area contributed by atoms with Gasteiger partial charge in [0, 0.05) is 29.5 Å². The molecule has 0 unspecified atom stereocenters. The number of Topliss-reactive ketones (excluding diaryl/α,β-unsaturated/α-hetero) is 1. The van der Waals surface area contributed by atoms with Gasteiger partial charge in [0.05, 0.1) is 23.4 Å². The zero-order chi connectivity index (χ0) is 20.1. The van der Waals surface area contributed by atoms with Gasteiger partial charge in [0.1, 0.15) is 5.75 Å². The maximum atomic E-state index is 12.5. The minimum Gasteiger partial charge on any atom is -0.496 e. The largest absolute Gasteiger partial charge is 0.496 e. The van der Waals surface area contributed by atoms with E-state index in [0.29, 0.717) is 17.0 Å². The van der Waals surface area contributed by atoms with Crippen LogP contribution in [0.1, 0.15) is 33.8 Å². The third-order valence-corrected chi connectivity index (χ3v) is 5.09. The second-order valence-corrected chi connectivity index (χ2v) is 7.57. The second kappa shape index (κ2) is 8.80. The van der Waals surface area contributed by atoms with Crippen LogP contribution in [0, 0.1) is 13.8 Å². The van der Waals surface area contributed by atoms with Gasteiger partial charge in [0.15, 0.2) is 5.78 Å². The van der Waals surface area contributed by atoms with Gasteiger partial charge in [-0.25, -0.2) is 4.98 Å². The molecule has 144 valence electrons. The lowest BCUT2D eigenvalue weighted by Crippen LogP contribution is -2.14. The number of aryl methyl sites for hydroxylation is 2. The first-order chi connectivity index (χ1) is 13.5. The molecule has 3 rings (SSSR count). The van der Waals surface area contributed by atoms with Gasteiger partial charge in [-0.15, -0.1) is 11.3 Å². The summed E-state index contributed by atoms with van der Waals surface area (Å²) in [6.07, 6.45) is 0.241. The molecule has 0 saturated carbocycles. The van der Waals surface area contributed by atoms with Crippen LogP contribution in [0.2, 0.25) is 0 Å². The number of methoxy groups -OCH3 is 1. The van der Waals surface area contributed by atoms with Crippen LogP contribution in [0.4, 0.5) is 5.69 Å². The fourth-order valence-electron chi connectivity index (χ4n) is 2.85. The predicted molar refractivity (Wildman–Crippen MR) is 112 cm³/mol. The number of nitrogens with zero attached hydrogens (tertiary/aromatic N) is 1. The van der Waals surface area contributed by atoms with Crippen LogP contribution in [0.15, 0.2) is 47.8 Å². The number of anilines is 1. The highest BCUT2D eigenvalue weighted by Crippen LogP contribution is 2.24. The number of amides is 1. The standard InChI is InChI=1S/C22H22N2O3S/c1-14-4-10-21(27-3)18(12-14)20(25)9-11-22(26)24-17-7-5-16(6-8-17)19-13-28-15(2)23-19/h4-8,10,12-13H,9,11H2,1-3H3,(H,24,26). The number of carbonyl (C=O) groups is 2. The Morgan fingerprint density at radius 1 is 1.07 bits per heavy atom. The number of hydrogen-bond donors (Lipinski definition) is 1. The van der Waals surface area contributed by atoms with E-state index < -0.39 is 0 Å². The summed E-state index contributed by atoms with van der Waals surface area (Å²) in [6, 6.07) is 13.0. The van der Waals surface area contributed by atoms with Crippen molar-refractivity contribution in [2.75, 3.05) is 12.4 Å². The van der Waals surface area contributed by atoms with Crippen LogP contribution >= 0.6 is 11.3 Å². The second-order valence-electron chi connectivity index (χ2n) is 6.50. The van der Waals surface area contributed by atoms with Gasteiger partial charge in [-0.1, -0.05) is 23.8 Å². The molecule has 0 aliphatic carbocycles.